The second-order valence-electron chi connectivity index (χ2n) is 6.13. The van der Waals surface area contributed by atoms with Crippen LogP contribution in [0.3, 0.4) is 0 Å². The highest BCUT2D eigenvalue weighted by molar-refractivity contribution is 5.73. The maximum atomic E-state index is 10.7. The van der Waals surface area contributed by atoms with Crippen LogP contribution in [-0.2, 0) is 0 Å². The van der Waals surface area contributed by atoms with Gasteiger partial charge in [0.15, 0.2) is 0 Å². The van der Waals surface area contributed by atoms with E-state index in [0.717, 1.165) is 24.0 Å². The second-order valence-corrected chi connectivity index (χ2v) is 6.13. The first kappa shape index (κ1) is 11.1. The second kappa shape index (κ2) is 3.05. The lowest BCUT2D eigenvalue weighted by molar-refractivity contribution is -0.0571. The zero-order valence-corrected chi connectivity index (χ0v) is 10.8. The molecule has 0 saturated heterocycles. The Balaban J connectivity index is 2.27. The Morgan fingerprint density at radius 1 is 1.47 bits per heavy atom. The molecule has 92 valence electrons. The maximum absolute atomic E-state index is 10.7. The molecule has 1 saturated carbocycles. The Morgan fingerprint density at radius 2 is 2.18 bits per heavy atom. The summed E-state index contributed by atoms with van der Waals surface area (Å²) in [6.45, 7) is 11.0. The van der Waals surface area contributed by atoms with E-state index in [2.05, 4.69) is 27.4 Å². The Bertz CT molecular complexity index is 487. The van der Waals surface area contributed by atoms with Gasteiger partial charge in [-0.3, -0.25) is 0 Å². The van der Waals surface area contributed by atoms with E-state index in [4.69, 9.17) is 4.42 Å². The minimum absolute atomic E-state index is 0.0112. The summed E-state index contributed by atoms with van der Waals surface area (Å²) >= 11 is 0. The quantitative estimate of drug-likeness (QED) is 0.738. The molecule has 3 rings (SSSR count). The van der Waals surface area contributed by atoms with Crippen molar-refractivity contribution >= 4 is 5.57 Å². The summed E-state index contributed by atoms with van der Waals surface area (Å²) in [5.41, 5.74) is 1.99. The molecule has 1 fully saturated rings. The molecule has 1 aromatic rings. The molecular formula is C15H20O2. The summed E-state index contributed by atoms with van der Waals surface area (Å²) in [6, 6.07) is 1.94. The molecule has 2 aliphatic rings. The number of aliphatic hydroxyl groups is 1. The highest BCUT2D eigenvalue weighted by Gasteiger charge is 2.62. The average molecular weight is 232 g/mol. The van der Waals surface area contributed by atoms with Crippen LogP contribution in [0.15, 0.2) is 23.3 Å². The van der Waals surface area contributed by atoms with E-state index in [1.807, 2.05) is 6.07 Å². The number of furan rings is 1. The van der Waals surface area contributed by atoms with Crippen molar-refractivity contribution in [1.82, 2.24) is 0 Å². The number of hydrogen-bond acceptors (Lipinski definition) is 2. The number of aliphatic hydroxyl groups excluding tert-OH is 1. The van der Waals surface area contributed by atoms with Crippen molar-refractivity contribution in [2.24, 2.45) is 16.7 Å². The van der Waals surface area contributed by atoms with Crippen LogP contribution in [0.1, 0.15) is 51.0 Å². The summed E-state index contributed by atoms with van der Waals surface area (Å²) in [6.07, 6.45) is 3.40. The van der Waals surface area contributed by atoms with Gasteiger partial charge in [0.1, 0.15) is 11.9 Å². The molecule has 4 atom stereocenters. The van der Waals surface area contributed by atoms with E-state index in [1.54, 1.807) is 6.26 Å². The Kier molecular flexibility index (Phi) is 1.99. The number of allylic oxidation sites excluding steroid dienone is 1. The van der Waals surface area contributed by atoms with Crippen LogP contribution < -0.4 is 0 Å². The molecule has 0 aliphatic heterocycles. The predicted molar refractivity (Wildman–Crippen MR) is 67.3 cm³/mol. The van der Waals surface area contributed by atoms with Crippen LogP contribution >= 0.6 is 0 Å². The third-order valence-corrected chi connectivity index (χ3v) is 5.79. The molecule has 0 spiro atoms. The van der Waals surface area contributed by atoms with Gasteiger partial charge in [-0.15, -0.1) is 0 Å². The standard InChI is InChI=1S/C15H20O2/c1-9-5-7-14(3)10(2)11-6-8-17-12(11)13(16)15(9,14)4/h6,8-9,13,16H,2,5,7H2,1,3-4H3/t9-,13-,14+,15-/m1/s1. The fourth-order valence-electron chi connectivity index (χ4n) is 4.02. The highest BCUT2D eigenvalue weighted by Crippen LogP contribution is 2.69. The van der Waals surface area contributed by atoms with Crippen LogP contribution in [0.5, 0.6) is 0 Å². The molecule has 1 N–H and O–H groups in total. The Hall–Kier alpha value is -1.02. The van der Waals surface area contributed by atoms with E-state index in [0.29, 0.717) is 11.7 Å². The molecule has 0 bridgehead atoms. The van der Waals surface area contributed by atoms with E-state index in [9.17, 15) is 5.11 Å². The van der Waals surface area contributed by atoms with Crippen molar-refractivity contribution in [1.29, 1.82) is 0 Å². The monoisotopic (exact) mass is 232 g/mol. The topological polar surface area (TPSA) is 33.4 Å². The molecule has 17 heavy (non-hydrogen) atoms. The third kappa shape index (κ3) is 1.01. The largest absolute Gasteiger partial charge is 0.466 e. The minimum Gasteiger partial charge on any atom is -0.466 e. The fourth-order valence-corrected chi connectivity index (χ4v) is 4.02. The highest BCUT2D eigenvalue weighted by atomic mass is 16.4. The number of rotatable bonds is 0. The van der Waals surface area contributed by atoms with Crippen LogP contribution in [-0.4, -0.2) is 5.11 Å². The van der Waals surface area contributed by atoms with E-state index in [1.165, 1.54) is 0 Å². The summed E-state index contributed by atoms with van der Waals surface area (Å²) in [5, 5.41) is 10.7. The lowest BCUT2D eigenvalue weighted by Crippen LogP contribution is -2.45. The minimum atomic E-state index is -0.513. The smallest absolute Gasteiger partial charge is 0.140 e. The lowest BCUT2D eigenvalue weighted by atomic mass is 9.54. The molecule has 2 nitrogen and oxygen atoms in total. The Morgan fingerprint density at radius 3 is 2.88 bits per heavy atom. The van der Waals surface area contributed by atoms with Gasteiger partial charge in [-0.1, -0.05) is 27.4 Å². The van der Waals surface area contributed by atoms with Crippen LogP contribution in [0, 0.1) is 16.7 Å². The van der Waals surface area contributed by atoms with Gasteiger partial charge in [0.05, 0.1) is 6.26 Å². The van der Waals surface area contributed by atoms with Gasteiger partial charge in [0, 0.05) is 16.4 Å². The van der Waals surface area contributed by atoms with Gasteiger partial charge in [-0.2, -0.15) is 0 Å². The molecule has 1 heterocycles. The summed E-state index contributed by atoms with van der Waals surface area (Å²) in [4.78, 5) is 0. The molecule has 2 aliphatic carbocycles. The van der Waals surface area contributed by atoms with Gasteiger partial charge in [0.25, 0.3) is 0 Å². The molecule has 2 heteroatoms. The maximum Gasteiger partial charge on any atom is 0.140 e. The van der Waals surface area contributed by atoms with E-state index in [-0.39, 0.29) is 10.8 Å². The summed E-state index contributed by atoms with van der Waals surface area (Å²) < 4.78 is 5.49. The van der Waals surface area contributed by atoms with Crippen LogP contribution in [0.4, 0.5) is 0 Å². The zero-order valence-electron chi connectivity index (χ0n) is 10.8. The van der Waals surface area contributed by atoms with Crippen molar-refractivity contribution in [2.75, 3.05) is 0 Å². The number of fused-ring (bicyclic) bond motifs is 2. The normalized spacial score (nSPS) is 44.6. The third-order valence-electron chi connectivity index (χ3n) is 5.79. The SMILES string of the molecule is C=C1c2ccoc2[C@@H](O)[C@@]2(C)[C@H](C)CC[C@@]12C. The molecule has 0 aromatic carbocycles. The average Bonchev–Trinajstić information content (AvgIpc) is 2.87. The lowest BCUT2D eigenvalue weighted by Gasteiger charge is -2.50. The van der Waals surface area contributed by atoms with Gasteiger partial charge in [-0.05, 0) is 30.4 Å². The first-order valence-corrected chi connectivity index (χ1v) is 6.38. The Labute approximate surface area is 102 Å². The zero-order chi connectivity index (χ0) is 12.4. The van der Waals surface area contributed by atoms with Crippen molar-refractivity contribution in [2.45, 2.75) is 39.7 Å². The fraction of sp³-hybridized carbons (Fsp3) is 0.600. The van der Waals surface area contributed by atoms with Gasteiger partial charge in [-0.25, -0.2) is 0 Å². The molecule has 0 amide bonds. The van der Waals surface area contributed by atoms with Crippen molar-refractivity contribution in [3.05, 3.63) is 30.2 Å². The van der Waals surface area contributed by atoms with E-state index >= 15 is 0 Å². The predicted octanol–water partition coefficient (Wildman–Crippen LogP) is 3.78. The summed E-state index contributed by atoms with van der Waals surface area (Å²) in [5.74, 6) is 1.20. The van der Waals surface area contributed by atoms with E-state index < -0.39 is 6.10 Å². The van der Waals surface area contributed by atoms with Gasteiger partial charge >= 0.3 is 0 Å². The molecule has 1 aromatic heterocycles. The first-order chi connectivity index (χ1) is 7.93. The van der Waals surface area contributed by atoms with Crippen LogP contribution in [0.25, 0.3) is 5.57 Å². The van der Waals surface area contributed by atoms with Crippen molar-refractivity contribution < 1.29 is 9.52 Å². The first-order valence-electron chi connectivity index (χ1n) is 6.38. The number of hydrogen-bond donors (Lipinski definition) is 1. The molecule has 0 unspecified atom stereocenters. The van der Waals surface area contributed by atoms with Crippen molar-refractivity contribution in [3.63, 3.8) is 0 Å². The van der Waals surface area contributed by atoms with Crippen molar-refractivity contribution in [3.8, 4) is 0 Å². The molecule has 0 radical (unpaired) electrons. The van der Waals surface area contributed by atoms with Crippen LogP contribution in [0.2, 0.25) is 0 Å². The molecular weight excluding hydrogens is 212 g/mol. The van der Waals surface area contributed by atoms with Gasteiger partial charge in [0.2, 0.25) is 0 Å². The summed E-state index contributed by atoms with van der Waals surface area (Å²) in [7, 11) is 0. The van der Waals surface area contributed by atoms with Gasteiger partial charge < -0.3 is 9.52 Å².